The fourth-order valence-electron chi connectivity index (χ4n) is 3.71. The van der Waals surface area contributed by atoms with Crippen LogP contribution in [-0.4, -0.2) is 74.5 Å². The minimum atomic E-state index is -0.871. The summed E-state index contributed by atoms with van der Waals surface area (Å²) in [6.45, 7) is 0.148. The van der Waals surface area contributed by atoms with Crippen LogP contribution in [0.5, 0.6) is 17.2 Å². The number of aliphatic hydroxyl groups excluding tert-OH is 2. The lowest BCUT2D eigenvalue weighted by molar-refractivity contribution is -0.140. The molecule has 9 nitrogen and oxygen atoms in total. The summed E-state index contributed by atoms with van der Waals surface area (Å²) < 4.78 is 21.1. The average Bonchev–Trinajstić information content (AvgIpc) is 3.10. The molecule has 1 saturated heterocycles. The summed E-state index contributed by atoms with van der Waals surface area (Å²) >= 11 is 0. The molecule has 0 spiro atoms. The molecule has 2 aromatic carbocycles. The highest BCUT2D eigenvalue weighted by molar-refractivity contribution is 6.46. The lowest BCUT2D eigenvalue weighted by Gasteiger charge is -2.26. The van der Waals surface area contributed by atoms with Gasteiger partial charge in [-0.05, 0) is 42.0 Å². The Labute approximate surface area is 191 Å². The Morgan fingerprint density at radius 3 is 2.24 bits per heavy atom. The van der Waals surface area contributed by atoms with Crippen LogP contribution in [0.1, 0.15) is 17.2 Å². The molecule has 1 heterocycles. The van der Waals surface area contributed by atoms with E-state index in [1.807, 2.05) is 0 Å². The van der Waals surface area contributed by atoms with Crippen molar-refractivity contribution >= 4 is 17.4 Å². The van der Waals surface area contributed by atoms with Crippen LogP contribution < -0.4 is 14.2 Å². The predicted molar refractivity (Wildman–Crippen MR) is 119 cm³/mol. The molecule has 0 aromatic heterocycles. The molecule has 33 heavy (non-hydrogen) atoms. The highest BCUT2D eigenvalue weighted by Crippen LogP contribution is 2.41. The van der Waals surface area contributed by atoms with Crippen LogP contribution in [0.2, 0.25) is 0 Å². The van der Waals surface area contributed by atoms with Crippen LogP contribution in [-0.2, 0) is 14.3 Å². The molecule has 1 fully saturated rings. The third kappa shape index (κ3) is 4.94. The summed E-state index contributed by atoms with van der Waals surface area (Å²) in [7, 11) is 4.51. The SMILES string of the molecule is COc1ccc(/C(O)=C2\C(=O)C(=O)N(CCOCCO)C2c2ccc(OC)c(OC)c2)cc1. The summed E-state index contributed by atoms with van der Waals surface area (Å²) in [6.07, 6.45) is 0. The number of aliphatic hydroxyl groups is 2. The van der Waals surface area contributed by atoms with Gasteiger partial charge in [0.25, 0.3) is 11.7 Å². The Hall–Kier alpha value is -3.56. The number of carbonyl (C=O) groups excluding carboxylic acids is 2. The van der Waals surface area contributed by atoms with Crippen LogP contribution in [0.4, 0.5) is 0 Å². The van der Waals surface area contributed by atoms with Gasteiger partial charge >= 0.3 is 0 Å². The first-order valence-corrected chi connectivity index (χ1v) is 10.3. The van der Waals surface area contributed by atoms with Gasteiger partial charge < -0.3 is 34.1 Å². The summed E-state index contributed by atoms with van der Waals surface area (Å²) in [6, 6.07) is 10.7. The smallest absolute Gasteiger partial charge is 0.295 e. The van der Waals surface area contributed by atoms with Crippen molar-refractivity contribution in [2.24, 2.45) is 0 Å². The van der Waals surface area contributed by atoms with E-state index >= 15 is 0 Å². The fourth-order valence-corrected chi connectivity index (χ4v) is 3.71. The number of carbonyl (C=O) groups is 2. The number of ketones is 1. The number of amides is 1. The highest BCUT2D eigenvalue weighted by atomic mass is 16.5. The molecule has 0 radical (unpaired) electrons. The number of hydrogen-bond donors (Lipinski definition) is 2. The molecule has 1 unspecified atom stereocenters. The number of likely N-dealkylation sites (tertiary alicyclic amines) is 1. The molecule has 1 aliphatic heterocycles. The van der Waals surface area contributed by atoms with Gasteiger partial charge in [-0.15, -0.1) is 0 Å². The van der Waals surface area contributed by atoms with Crippen molar-refractivity contribution in [2.75, 3.05) is 47.7 Å². The first-order valence-electron chi connectivity index (χ1n) is 10.3. The van der Waals surface area contributed by atoms with Crippen molar-refractivity contribution in [1.82, 2.24) is 4.90 Å². The van der Waals surface area contributed by atoms with Crippen LogP contribution >= 0.6 is 0 Å². The number of rotatable bonds is 10. The van der Waals surface area contributed by atoms with Gasteiger partial charge in [-0.2, -0.15) is 0 Å². The van der Waals surface area contributed by atoms with Gasteiger partial charge in [-0.1, -0.05) is 6.07 Å². The van der Waals surface area contributed by atoms with Crippen molar-refractivity contribution in [3.8, 4) is 17.2 Å². The van der Waals surface area contributed by atoms with E-state index in [4.69, 9.17) is 24.1 Å². The second-order valence-corrected chi connectivity index (χ2v) is 7.17. The highest BCUT2D eigenvalue weighted by Gasteiger charge is 2.46. The molecule has 0 saturated carbocycles. The number of nitrogens with zero attached hydrogens (tertiary/aromatic N) is 1. The first-order chi connectivity index (χ1) is 16.0. The van der Waals surface area contributed by atoms with Gasteiger partial charge in [0.05, 0.1) is 52.8 Å². The maximum atomic E-state index is 13.0. The topological polar surface area (TPSA) is 115 Å². The standard InChI is InChI=1S/C24H27NO8/c1-30-17-7-4-15(5-8-17)22(27)20-21(16-6-9-18(31-2)19(14-16)32-3)25(24(29)23(20)28)10-12-33-13-11-26/h4-9,14,21,26-27H,10-13H2,1-3H3/b22-20+. The van der Waals surface area contributed by atoms with Gasteiger partial charge in [0.15, 0.2) is 11.5 Å². The zero-order chi connectivity index (χ0) is 24.0. The molecule has 1 aliphatic rings. The van der Waals surface area contributed by atoms with Crippen molar-refractivity contribution in [1.29, 1.82) is 0 Å². The van der Waals surface area contributed by atoms with Crippen molar-refractivity contribution in [3.63, 3.8) is 0 Å². The number of Topliss-reactive ketones (excluding diaryl/α,β-unsaturated/α-hetero) is 1. The van der Waals surface area contributed by atoms with E-state index in [2.05, 4.69) is 0 Å². The van der Waals surface area contributed by atoms with Gasteiger partial charge in [-0.3, -0.25) is 9.59 Å². The van der Waals surface area contributed by atoms with E-state index in [1.54, 1.807) is 42.5 Å². The Morgan fingerprint density at radius 1 is 0.939 bits per heavy atom. The van der Waals surface area contributed by atoms with E-state index in [0.717, 1.165) is 0 Å². The Bertz CT molecular complexity index is 1030. The number of ether oxygens (including phenoxy) is 4. The van der Waals surface area contributed by atoms with E-state index in [9.17, 15) is 14.7 Å². The molecule has 9 heteroatoms. The summed E-state index contributed by atoms with van der Waals surface area (Å²) in [5, 5.41) is 20.0. The Kier molecular flexibility index (Phi) is 7.92. The fraction of sp³-hybridized carbons (Fsp3) is 0.333. The monoisotopic (exact) mass is 457 g/mol. The molecule has 2 aromatic rings. The van der Waals surface area contributed by atoms with Crippen LogP contribution in [0.25, 0.3) is 5.76 Å². The van der Waals surface area contributed by atoms with E-state index < -0.39 is 17.7 Å². The number of hydrogen-bond acceptors (Lipinski definition) is 8. The van der Waals surface area contributed by atoms with Gasteiger partial charge in [0.1, 0.15) is 11.5 Å². The normalized spacial score (nSPS) is 17.3. The lowest BCUT2D eigenvalue weighted by Crippen LogP contribution is -2.33. The van der Waals surface area contributed by atoms with E-state index in [-0.39, 0.29) is 37.7 Å². The van der Waals surface area contributed by atoms with Crippen molar-refractivity contribution in [3.05, 3.63) is 59.2 Å². The van der Waals surface area contributed by atoms with Crippen molar-refractivity contribution in [2.45, 2.75) is 6.04 Å². The number of methoxy groups -OCH3 is 3. The summed E-state index contributed by atoms with van der Waals surface area (Å²) in [4.78, 5) is 27.3. The predicted octanol–water partition coefficient (Wildman–Crippen LogP) is 2.14. The minimum absolute atomic E-state index is 0.0421. The first kappa shape index (κ1) is 24.1. The molecular weight excluding hydrogens is 430 g/mol. The molecule has 1 atom stereocenters. The maximum Gasteiger partial charge on any atom is 0.295 e. The van der Waals surface area contributed by atoms with Crippen LogP contribution in [0.15, 0.2) is 48.0 Å². The molecule has 0 aliphatic carbocycles. The largest absolute Gasteiger partial charge is 0.507 e. The Balaban J connectivity index is 2.11. The quantitative estimate of drug-likeness (QED) is 0.241. The third-order valence-corrected chi connectivity index (χ3v) is 5.34. The summed E-state index contributed by atoms with van der Waals surface area (Å²) in [5.74, 6) is -0.358. The lowest BCUT2D eigenvalue weighted by atomic mass is 9.95. The molecule has 3 rings (SSSR count). The van der Waals surface area contributed by atoms with Gasteiger partial charge in [0, 0.05) is 12.1 Å². The second kappa shape index (κ2) is 10.8. The zero-order valence-electron chi connectivity index (χ0n) is 18.7. The van der Waals surface area contributed by atoms with E-state index in [0.29, 0.717) is 28.4 Å². The third-order valence-electron chi connectivity index (χ3n) is 5.34. The van der Waals surface area contributed by atoms with E-state index in [1.165, 1.54) is 26.2 Å². The van der Waals surface area contributed by atoms with Crippen LogP contribution in [0.3, 0.4) is 0 Å². The zero-order valence-corrected chi connectivity index (χ0v) is 18.7. The minimum Gasteiger partial charge on any atom is -0.507 e. The van der Waals surface area contributed by atoms with Crippen LogP contribution in [0, 0.1) is 0 Å². The Morgan fingerprint density at radius 2 is 1.64 bits per heavy atom. The molecule has 1 amide bonds. The van der Waals surface area contributed by atoms with Crippen molar-refractivity contribution < 1.29 is 38.7 Å². The molecule has 0 bridgehead atoms. The molecular formula is C24H27NO8. The summed E-state index contributed by atoms with van der Waals surface area (Å²) in [5.41, 5.74) is 0.888. The van der Waals surface area contributed by atoms with Gasteiger partial charge in [-0.25, -0.2) is 0 Å². The number of benzene rings is 2. The average molecular weight is 457 g/mol. The molecule has 176 valence electrons. The molecule has 2 N–H and O–H groups in total. The van der Waals surface area contributed by atoms with Gasteiger partial charge in [0.2, 0.25) is 0 Å². The maximum absolute atomic E-state index is 13.0. The second-order valence-electron chi connectivity index (χ2n) is 7.17.